The Kier molecular flexibility index (Phi) is 4.02. The van der Waals surface area contributed by atoms with Crippen molar-refractivity contribution in [3.05, 3.63) is 59.5 Å². The van der Waals surface area contributed by atoms with Gasteiger partial charge in [0.15, 0.2) is 0 Å². The highest BCUT2D eigenvalue weighted by Gasteiger charge is 2.11. The van der Waals surface area contributed by atoms with Gasteiger partial charge in [-0.2, -0.15) is 5.10 Å². The second kappa shape index (κ2) is 6.11. The Morgan fingerprint density at radius 1 is 1.32 bits per heavy atom. The van der Waals surface area contributed by atoms with Gasteiger partial charge in [0.2, 0.25) is 0 Å². The molecule has 1 aromatic carbocycles. The summed E-state index contributed by atoms with van der Waals surface area (Å²) in [5, 5.41) is 11.7. The maximum absolute atomic E-state index is 5.19. The lowest BCUT2D eigenvalue weighted by Gasteiger charge is -2.15. The maximum atomic E-state index is 5.19. The van der Waals surface area contributed by atoms with Crippen molar-refractivity contribution in [2.24, 2.45) is 0 Å². The number of hydrogen-bond donors (Lipinski definition) is 1. The summed E-state index contributed by atoms with van der Waals surface area (Å²) in [4.78, 5) is 3.98. The highest BCUT2D eigenvalue weighted by atomic mass is 16.5. The summed E-state index contributed by atoms with van der Waals surface area (Å²) in [5.41, 5.74) is 4.26. The molecule has 0 spiro atoms. The lowest BCUT2D eigenvalue weighted by Crippen LogP contribution is -2.19. The second-order valence-electron chi connectivity index (χ2n) is 5.34. The van der Waals surface area contributed by atoms with E-state index in [0.29, 0.717) is 0 Å². The first kappa shape index (κ1) is 14.5. The fraction of sp³-hybridized carbons (Fsp3) is 0.312. The molecule has 0 amide bonds. The zero-order chi connectivity index (χ0) is 15.5. The molecule has 6 heteroatoms. The van der Waals surface area contributed by atoms with E-state index in [0.717, 1.165) is 29.2 Å². The van der Waals surface area contributed by atoms with Crippen LogP contribution in [-0.4, -0.2) is 19.9 Å². The minimum absolute atomic E-state index is 0.206. The molecule has 0 aliphatic rings. The van der Waals surface area contributed by atoms with Gasteiger partial charge in [0.25, 0.3) is 0 Å². The van der Waals surface area contributed by atoms with Gasteiger partial charge in [-0.05, 0) is 38.5 Å². The van der Waals surface area contributed by atoms with Crippen LogP contribution >= 0.6 is 0 Å². The fourth-order valence-corrected chi connectivity index (χ4v) is 2.41. The minimum Gasteiger partial charge on any atom is -0.361 e. The van der Waals surface area contributed by atoms with Crippen molar-refractivity contribution in [1.29, 1.82) is 0 Å². The largest absolute Gasteiger partial charge is 0.361 e. The van der Waals surface area contributed by atoms with Gasteiger partial charge in [0, 0.05) is 18.2 Å². The number of nitrogens with zero attached hydrogens (tertiary/aromatic N) is 4. The van der Waals surface area contributed by atoms with Gasteiger partial charge >= 0.3 is 0 Å². The van der Waals surface area contributed by atoms with Crippen molar-refractivity contribution in [2.45, 2.75) is 33.4 Å². The number of rotatable bonds is 5. The Balaban J connectivity index is 1.73. The summed E-state index contributed by atoms with van der Waals surface area (Å²) in [6.07, 6.45) is 3.23. The molecule has 0 unspecified atom stereocenters. The first-order chi connectivity index (χ1) is 10.6. The summed E-state index contributed by atoms with van der Waals surface area (Å²) in [7, 11) is 0. The molecule has 0 saturated carbocycles. The highest BCUT2D eigenvalue weighted by molar-refractivity contribution is 5.36. The van der Waals surface area contributed by atoms with E-state index in [2.05, 4.69) is 39.6 Å². The van der Waals surface area contributed by atoms with Gasteiger partial charge in [-0.3, -0.25) is 0 Å². The van der Waals surface area contributed by atoms with Crippen molar-refractivity contribution in [3.8, 4) is 5.69 Å². The number of benzene rings is 1. The Morgan fingerprint density at radius 3 is 2.86 bits per heavy atom. The van der Waals surface area contributed by atoms with Gasteiger partial charge < -0.3 is 9.84 Å². The van der Waals surface area contributed by atoms with Gasteiger partial charge in [0.1, 0.15) is 18.4 Å². The van der Waals surface area contributed by atoms with E-state index in [1.165, 1.54) is 11.9 Å². The monoisotopic (exact) mass is 297 g/mol. The molecular formula is C16H19N5O. The van der Waals surface area contributed by atoms with Gasteiger partial charge in [-0.15, -0.1) is 0 Å². The molecule has 1 atom stereocenters. The molecular weight excluding hydrogens is 278 g/mol. The Morgan fingerprint density at radius 2 is 2.18 bits per heavy atom. The van der Waals surface area contributed by atoms with Crippen LogP contribution < -0.4 is 5.32 Å². The van der Waals surface area contributed by atoms with E-state index in [1.807, 2.05) is 26.0 Å². The molecule has 3 rings (SSSR count). The van der Waals surface area contributed by atoms with Crippen LogP contribution in [-0.2, 0) is 6.54 Å². The van der Waals surface area contributed by atoms with Crippen LogP contribution in [0.1, 0.15) is 35.5 Å². The molecule has 1 N–H and O–H groups in total. The first-order valence-corrected chi connectivity index (χ1v) is 7.25. The Bertz CT molecular complexity index is 728. The standard InChI is InChI=1S/C16H19N5O/c1-11(18-8-16-12(2)20-22-13(16)3)14-5-4-6-15(7-14)21-10-17-9-19-21/h4-7,9-11,18H,8H2,1-3H3/t11-/m0/s1. The molecule has 0 saturated heterocycles. The van der Waals surface area contributed by atoms with E-state index in [-0.39, 0.29) is 6.04 Å². The molecule has 22 heavy (non-hydrogen) atoms. The van der Waals surface area contributed by atoms with E-state index < -0.39 is 0 Å². The summed E-state index contributed by atoms with van der Waals surface area (Å²) in [5.74, 6) is 0.869. The minimum atomic E-state index is 0.206. The zero-order valence-electron chi connectivity index (χ0n) is 12.9. The number of aryl methyl sites for hydroxylation is 2. The molecule has 0 fully saturated rings. The molecule has 0 aliphatic carbocycles. The summed E-state index contributed by atoms with van der Waals surface area (Å²) in [6, 6.07) is 8.46. The smallest absolute Gasteiger partial charge is 0.138 e. The van der Waals surface area contributed by atoms with Crippen LogP contribution in [0.25, 0.3) is 5.69 Å². The average Bonchev–Trinajstić information content (AvgIpc) is 3.16. The van der Waals surface area contributed by atoms with Crippen molar-refractivity contribution >= 4 is 0 Å². The third kappa shape index (κ3) is 2.92. The quantitative estimate of drug-likeness (QED) is 0.784. The van der Waals surface area contributed by atoms with E-state index in [4.69, 9.17) is 4.52 Å². The average molecular weight is 297 g/mol. The SMILES string of the molecule is Cc1noc(C)c1CN[C@@H](C)c1cccc(-n2cncn2)c1. The van der Waals surface area contributed by atoms with E-state index in [1.54, 1.807) is 11.0 Å². The highest BCUT2D eigenvalue weighted by Crippen LogP contribution is 2.18. The van der Waals surface area contributed by atoms with Crippen molar-refractivity contribution in [3.63, 3.8) is 0 Å². The topological polar surface area (TPSA) is 68.8 Å². The predicted molar refractivity (Wildman–Crippen MR) is 82.6 cm³/mol. The fourth-order valence-electron chi connectivity index (χ4n) is 2.41. The van der Waals surface area contributed by atoms with E-state index in [9.17, 15) is 0 Å². The summed E-state index contributed by atoms with van der Waals surface area (Å²) in [6.45, 7) is 6.77. The number of hydrogen-bond acceptors (Lipinski definition) is 5. The zero-order valence-corrected chi connectivity index (χ0v) is 12.9. The van der Waals surface area contributed by atoms with Crippen LogP contribution in [0, 0.1) is 13.8 Å². The van der Waals surface area contributed by atoms with E-state index >= 15 is 0 Å². The number of aromatic nitrogens is 4. The Labute approximate surface area is 129 Å². The predicted octanol–water partition coefficient (Wildman–Crippen LogP) is 2.72. The lowest BCUT2D eigenvalue weighted by atomic mass is 10.1. The molecule has 114 valence electrons. The van der Waals surface area contributed by atoms with Crippen LogP contribution in [0.5, 0.6) is 0 Å². The van der Waals surface area contributed by atoms with Gasteiger partial charge in [0.05, 0.1) is 11.4 Å². The first-order valence-electron chi connectivity index (χ1n) is 7.25. The maximum Gasteiger partial charge on any atom is 0.138 e. The molecule has 2 aromatic heterocycles. The van der Waals surface area contributed by atoms with Crippen molar-refractivity contribution in [2.75, 3.05) is 0 Å². The molecule has 3 aromatic rings. The molecule has 2 heterocycles. The summed E-state index contributed by atoms with van der Waals surface area (Å²) >= 11 is 0. The third-order valence-electron chi connectivity index (χ3n) is 3.82. The molecule has 6 nitrogen and oxygen atoms in total. The van der Waals surface area contributed by atoms with Gasteiger partial charge in [-0.1, -0.05) is 17.3 Å². The lowest BCUT2D eigenvalue weighted by molar-refractivity contribution is 0.391. The second-order valence-corrected chi connectivity index (χ2v) is 5.34. The molecule has 0 bridgehead atoms. The van der Waals surface area contributed by atoms with Crippen molar-refractivity contribution in [1.82, 2.24) is 25.2 Å². The third-order valence-corrected chi connectivity index (χ3v) is 3.82. The van der Waals surface area contributed by atoms with Gasteiger partial charge in [-0.25, -0.2) is 9.67 Å². The Hall–Kier alpha value is -2.47. The van der Waals surface area contributed by atoms with Crippen LogP contribution in [0.3, 0.4) is 0 Å². The molecule has 0 radical (unpaired) electrons. The number of nitrogens with one attached hydrogen (secondary N) is 1. The van der Waals surface area contributed by atoms with Crippen LogP contribution in [0.15, 0.2) is 41.4 Å². The van der Waals surface area contributed by atoms with Crippen molar-refractivity contribution < 1.29 is 4.52 Å². The summed E-state index contributed by atoms with van der Waals surface area (Å²) < 4.78 is 6.95. The normalized spacial score (nSPS) is 12.5. The molecule has 0 aliphatic heterocycles. The van der Waals surface area contributed by atoms with Crippen LogP contribution in [0.2, 0.25) is 0 Å². The van der Waals surface area contributed by atoms with Crippen LogP contribution in [0.4, 0.5) is 0 Å².